The Kier molecular flexibility index (Phi) is 18.3. The van der Waals surface area contributed by atoms with Crippen LogP contribution >= 0.6 is 11.3 Å². The molecule has 0 aliphatic rings. The van der Waals surface area contributed by atoms with Gasteiger partial charge in [0.25, 0.3) is 0 Å². The van der Waals surface area contributed by atoms with Gasteiger partial charge in [-0.2, -0.15) is 11.3 Å². The van der Waals surface area contributed by atoms with Crippen LogP contribution in [0.1, 0.15) is 145 Å². The summed E-state index contributed by atoms with van der Waals surface area (Å²) < 4.78 is 3.09. The van der Waals surface area contributed by atoms with Gasteiger partial charge in [-0.05, 0) is 84.7 Å². The second-order valence-electron chi connectivity index (χ2n) is 18.4. The van der Waals surface area contributed by atoms with E-state index in [2.05, 4.69) is 117 Å². The number of aliphatic hydroxyl groups excluding tert-OH is 1. The number of aryl methyl sites for hydroxylation is 2. The molecule has 1 radical (unpaired) electrons. The Hall–Kier alpha value is -2.11. The van der Waals surface area contributed by atoms with Crippen molar-refractivity contribution >= 4 is 50.6 Å². The van der Waals surface area contributed by atoms with Crippen molar-refractivity contribution in [3.63, 3.8) is 0 Å². The van der Waals surface area contributed by atoms with E-state index >= 15 is 0 Å². The molecule has 2 aromatic heterocycles. The van der Waals surface area contributed by atoms with E-state index in [0.29, 0.717) is 5.92 Å². The molecule has 0 unspecified atom stereocenters. The summed E-state index contributed by atoms with van der Waals surface area (Å²) in [5.41, 5.74) is 5.85. The van der Waals surface area contributed by atoms with Crippen LogP contribution in [0.4, 0.5) is 0 Å². The molecule has 0 spiro atoms. The molecule has 0 atom stereocenters. The second kappa shape index (κ2) is 20.5. The maximum Gasteiger partial charge on any atom is 0.164 e. The molecule has 0 saturated heterocycles. The van der Waals surface area contributed by atoms with Crippen molar-refractivity contribution in [3.05, 3.63) is 71.1 Å². The van der Waals surface area contributed by atoms with E-state index < -0.39 is 8.07 Å². The van der Waals surface area contributed by atoms with E-state index in [0.717, 1.165) is 54.7 Å². The number of thiophene rings is 1. The van der Waals surface area contributed by atoms with Gasteiger partial charge in [-0.15, -0.1) is 29.1 Å². The number of aliphatic hydroxyl groups is 1. The van der Waals surface area contributed by atoms with Gasteiger partial charge >= 0.3 is 0 Å². The normalized spacial score (nSPS) is 12.9. The molecule has 307 valence electrons. The number of fused-ring (bicyclic) bond motifs is 2. The van der Waals surface area contributed by atoms with E-state index in [-0.39, 0.29) is 42.5 Å². The minimum atomic E-state index is -1.71. The maximum absolute atomic E-state index is 12.2. The third-order valence-corrected chi connectivity index (χ3v) is 21.1. The molecule has 0 aliphatic carbocycles. The molecule has 4 aromatic rings. The average molecular weight is 962 g/mol. The summed E-state index contributed by atoms with van der Waals surface area (Å²) in [6, 6.07) is 19.3. The Labute approximate surface area is 355 Å². The van der Waals surface area contributed by atoms with Crippen LogP contribution in [0.3, 0.4) is 0 Å². The number of nitrogens with zero attached hydrogens (tertiary/aromatic N) is 1. The number of carbonyl (C=O) groups is 1. The molecule has 0 bridgehead atoms. The summed E-state index contributed by atoms with van der Waals surface area (Å²) in [6.07, 6.45) is 6.78. The molecule has 0 amide bonds. The first-order valence-electron chi connectivity index (χ1n) is 21.0. The number of aromatic nitrogens is 1. The van der Waals surface area contributed by atoms with Crippen LogP contribution in [0, 0.1) is 48.5 Å². The number of hydrogen-bond donors (Lipinski definition) is 1. The van der Waals surface area contributed by atoms with Crippen molar-refractivity contribution in [1.82, 2.24) is 4.98 Å². The number of allylic oxidation sites excluding steroid dienone is 2. The van der Waals surface area contributed by atoms with E-state index in [9.17, 15) is 9.90 Å². The zero-order valence-electron chi connectivity index (χ0n) is 37.3. The molecule has 6 heteroatoms. The Bertz CT molecular complexity index is 1870. The third kappa shape index (κ3) is 11.5. The van der Waals surface area contributed by atoms with Gasteiger partial charge < -0.3 is 5.11 Å². The van der Waals surface area contributed by atoms with Crippen molar-refractivity contribution in [3.8, 4) is 11.3 Å². The van der Waals surface area contributed by atoms with Crippen LogP contribution in [-0.2, 0) is 24.9 Å². The molecule has 55 heavy (non-hydrogen) atoms. The maximum atomic E-state index is 12.2. The van der Waals surface area contributed by atoms with Crippen LogP contribution < -0.4 is 4.50 Å². The topological polar surface area (TPSA) is 50.2 Å². The van der Waals surface area contributed by atoms with Gasteiger partial charge in [0.05, 0.1) is 0 Å². The molecule has 4 rings (SSSR count). The Balaban J connectivity index is 0.000000493. The smallest absolute Gasteiger partial charge is 0.164 e. The fourth-order valence-electron chi connectivity index (χ4n) is 8.43. The predicted octanol–water partition coefficient (Wildman–Crippen LogP) is 14.9. The Morgan fingerprint density at radius 3 is 1.82 bits per heavy atom. The molecule has 1 N–H and O–H groups in total. The van der Waals surface area contributed by atoms with Crippen molar-refractivity contribution < 1.29 is 30.0 Å². The van der Waals surface area contributed by atoms with Gasteiger partial charge in [0.15, 0.2) is 5.78 Å². The van der Waals surface area contributed by atoms with Gasteiger partial charge in [-0.25, -0.2) is 0 Å². The number of hydrogen-bond acceptors (Lipinski definition) is 4. The summed E-state index contributed by atoms with van der Waals surface area (Å²) in [5.74, 6) is 2.89. The van der Waals surface area contributed by atoms with Gasteiger partial charge in [0, 0.05) is 53.6 Å². The molecule has 0 aliphatic heterocycles. The Morgan fingerprint density at radius 1 is 0.818 bits per heavy atom. The van der Waals surface area contributed by atoms with Crippen molar-refractivity contribution in [1.29, 1.82) is 0 Å². The molecule has 3 nitrogen and oxygen atoms in total. The number of ketones is 1. The van der Waals surface area contributed by atoms with Crippen molar-refractivity contribution in [2.24, 2.45) is 28.6 Å². The number of benzene rings is 2. The minimum Gasteiger partial charge on any atom is -0.512 e. The van der Waals surface area contributed by atoms with E-state index in [1.807, 2.05) is 47.7 Å². The number of pyridine rings is 1. The first-order valence-corrected chi connectivity index (χ1v) is 24.5. The number of carbonyl (C=O) groups excluding carboxylic acids is 1. The molecular formula is C49H74IrNO2SSi-. The molecule has 2 aromatic carbocycles. The SMILES string of the molecule is CCC(C)(CC)C(=O)/C=C(\O)C(C)(CC)CC.Cc1ccc2c(C(C)C)cc(-c3nccc4c(C)c([Si](CC(C)C)(CC(C)C)CC(C)C)sc34)[c-]c2c1.[Ir]. The Morgan fingerprint density at radius 2 is 1.35 bits per heavy atom. The van der Waals surface area contributed by atoms with E-state index in [1.165, 1.54) is 61.8 Å². The monoisotopic (exact) mass is 961 g/mol. The van der Waals surface area contributed by atoms with E-state index in [1.54, 1.807) is 4.50 Å². The van der Waals surface area contributed by atoms with Crippen LogP contribution in [0.2, 0.25) is 18.1 Å². The van der Waals surface area contributed by atoms with E-state index in [4.69, 9.17) is 4.98 Å². The summed E-state index contributed by atoms with van der Waals surface area (Å²) in [6.45, 7) is 35.8. The van der Waals surface area contributed by atoms with Crippen molar-refractivity contribution in [2.75, 3.05) is 0 Å². The van der Waals surface area contributed by atoms with Crippen LogP contribution in [0.25, 0.3) is 32.1 Å². The predicted molar refractivity (Wildman–Crippen MR) is 242 cm³/mol. The molecule has 0 fully saturated rings. The largest absolute Gasteiger partial charge is 0.512 e. The summed E-state index contributed by atoms with van der Waals surface area (Å²) in [5, 5.41) is 14.1. The van der Waals surface area contributed by atoms with Crippen LogP contribution in [0.5, 0.6) is 0 Å². The zero-order valence-corrected chi connectivity index (χ0v) is 41.6. The summed E-state index contributed by atoms with van der Waals surface area (Å²) >= 11 is 2.08. The van der Waals surface area contributed by atoms with Gasteiger partial charge in [0.1, 0.15) is 13.8 Å². The average Bonchev–Trinajstić information content (AvgIpc) is 3.46. The molecule has 0 saturated carbocycles. The minimum absolute atomic E-state index is 0. The van der Waals surface area contributed by atoms with Gasteiger partial charge in [0.2, 0.25) is 0 Å². The molecule has 2 heterocycles. The summed E-state index contributed by atoms with van der Waals surface area (Å²) in [4.78, 5) is 17.2. The van der Waals surface area contributed by atoms with Crippen LogP contribution in [0.15, 0.2) is 48.4 Å². The fraction of sp³-hybridized carbons (Fsp3) is 0.592. The third-order valence-electron chi connectivity index (χ3n) is 12.3. The fourth-order valence-corrected chi connectivity index (χ4v) is 18.1. The summed E-state index contributed by atoms with van der Waals surface area (Å²) in [7, 11) is -1.71. The quantitative estimate of drug-likeness (QED) is 0.0527. The van der Waals surface area contributed by atoms with Crippen LogP contribution in [-0.4, -0.2) is 23.9 Å². The second-order valence-corrected chi connectivity index (χ2v) is 24.1. The zero-order chi connectivity index (χ0) is 40.8. The standard InChI is InChI=1S/C34H46NSSi.C15H28O2.Ir/c1-21(2)18-37(19-22(3)4,20-23(5)6)34-26(10)29-13-14-35-32(33(29)36-34)28-16-27-15-25(9)11-12-30(27)31(17-28)24(7)8;1-7-14(5,8-2)12(16)11-13(17)15(6,9-3)10-4;/h11-15,17,21-24H,18-20H2,1-10H3;11,16H,7-10H2,1-6H3;/q-1;;/b;12-11-;. The van der Waals surface area contributed by atoms with Gasteiger partial charge in [-0.3, -0.25) is 9.78 Å². The molecular weight excluding hydrogens is 887 g/mol. The number of rotatable bonds is 16. The van der Waals surface area contributed by atoms with Crippen molar-refractivity contribution in [2.45, 2.75) is 161 Å². The first-order chi connectivity index (χ1) is 25.2. The first kappa shape index (κ1) is 49.0. The van der Waals surface area contributed by atoms with Gasteiger partial charge in [-0.1, -0.05) is 144 Å².